The quantitative estimate of drug-likeness (QED) is 0.768. The predicted octanol–water partition coefficient (Wildman–Crippen LogP) is 0.666. The second-order valence-electron chi connectivity index (χ2n) is 4.70. The number of rotatable bonds is 4. The zero-order chi connectivity index (χ0) is 12.1. The van der Waals surface area contributed by atoms with Gasteiger partial charge in [0.15, 0.2) is 0 Å². The maximum atomic E-state index is 12.2. The van der Waals surface area contributed by atoms with Crippen LogP contribution in [0.25, 0.3) is 0 Å². The van der Waals surface area contributed by atoms with Crippen LogP contribution in [0.3, 0.4) is 0 Å². The van der Waals surface area contributed by atoms with Crippen LogP contribution in [0.5, 0.6) is 0 Å². The molecule has 0 saturated carbocycles. The molecule has 16 heavy (non-hydrogen) atoms. The van der Waals surface area contributed by atoms with Gasteiger partial charge in [0.2, 0.25) is 5.91 Å². The summed E-state index contributed by atoms with van der Waals surface area (Å²) in [6, 6.07) is 0.458. The van der Waals surface area contributed by atoms with Gasteiger partial charge in [0.05, 0.1) is 6.04 Å². The Bertz CT molecular complexity index is 232. The Morgan fingerprint density at radius 1 is 1.50 bits per heavy atom. The molecule has 4 nitrogen and oxygen atoms in total. The van der Waals surface area contributed by atoms with Gasteiger partial charge < -0.3 is 10.6 Å². The lowest BCUT2D eigenvalue weighted by atomic mass is 10.1. The summed E-state index contributed by atoms with van der Waals surface area (Å²) in [6.07, 6.45) is 2.92. The van der Waals surface area contributed by atoms with Crippen LogP contribution in [0.2, 0.25) is 0 Å². The summed E-state index contributed by atoms with van der Waals surface area (Å²) in [6.45, 7) is 6.82. The summed E-state index contributed by atoms with van der Waals surface area (Å²) < 4.78 is 0. The highest BCUT2D eigenvalue weighted by molar-refractivity contribution is 5.82. The van der Waals surface area contributed by atoms with Gasteiger partial charge in [0.25, 0.3) is 0 Å². The predicted molar refractivity (Wildman–Crippen MR) is 66.2 cm³/mol. The Morgan fingerprint density at radius 3 is 2.75 bits per heavy atom. The Labute approximate surface area is 98.8 Å². The van der Waals surface area contributed by atoms with Gasteiger partial charge in [-0.25, -0.2) is 0 Å². The Kier molecular flexibility index (Phi) is 5.22. The van der Waals surface area contributed by atoms with E-state index in [9.17, 15) is 4.79 Å². The highest BCUT2D eigenvalue weighted by Crippen LogP contribution is 2.17. The van der Waals surface area contributed by atoms with Crippen molar-refractivity contribution in [2.24, 2.45) is 5.73 Å². The minimum Gasteiger partial charge on any atom is -0.344 e. The maximum Gasteiger partial charge on any atom is 0.239 e. The molecular formula is C12H25N3O. The Hall–Kier alpha value is -0.610. The SMILES string of the molecule is CCC(C)N1CCCN(C)C(=O)C1CCN. The highest BCUT2D eigenvalue weighted by atomic mass is 16.2. The van der Waals surface area contributed by atoms with Gasteiger partial charge in [-0.3, -0.25) is 9.69 Å². The molecule has 0 aromatic carbocycles. The van der Waals surface area contributed by atoms with Crippen molar-refractivity contribution in [2.75, 3.05) is 26.7 Å². The van der Waals surface area contributed by atoms with Crippen molar-refractivity contribution >= 4 is 5.91 Å². The molecule has 4 heteroatoms. The molecule has 94 valence electrons. The van der Waals surface area contributed by atoms with Crippen LogP contribution in [0.15, 0.2) is 0 Å². The molecule has 1 aliphatic heterocycles. The van der Waals surface area contributed by atoms with Crippen LogP contribution < -0.4 is 5.73 Å². The molecule has 0 aliphatic carbocycles. The summed E-state index contributed by atoms with van der Waals surface area (Å²) in [4.78, 5) is 16.4. The number of hydrogen-bond acceptors (Lipinski definition) is 3. The Morgan fingerprint density at radius 2 is 2.19 bits per heavy atom. The summed E-state index contributed by atoms with van der Waals surface area (Å²) >= 11 is 0. The van der Waals surface area contributed by atoms with Gasteiger partial charge in [0.1, 0.15) is 0 Å². The molecule has 1 amide bonds. The zero-order valence-electron chi connectivity index (χ0n) is 10.8. The number of hydrogen-bond donors (Lipinski definition) is 1. The third-order valence-electron chi connectivity index (χ3n) is 3.57. The molecule has 0 spiro atoms. The van der Waals surface area contributed by atoms with Crippen LogP contribution in [-0.2, 0) is 4.79 Å². The number of carbonyl (C=O) groups is 1. The lowest BCUT2D eigenvalue weighted by molar-refractivity contribution is -0.135. The van der Waals surface area contributed by atoms with E-state index in [1.54, 1.807) is 0 Å². The minimum atomic E-state index is -0.00699. The van der Waals surface area contributed by atoms with E-state index in [-0.39, 0.29) is 11.9 Å². The van der Waals surface area contributed by atoms with Crippen LogP contribution in [-0.4, -0.2) is 54.5 Å². The molecule has 2 atom stereocenters. The summed E-state index contributed by atoms with van der Waals surface area (Å²) in [5, 5.41) is 0. The third-order valence-corrected chi connectivity index (χ3v) is 3.57. The van der Waals surface area contributed by atoms with Crippen LogP contribution >= 0.6 is 0 Å². The first-order valence-corrected chi connectivity index (χ1v) is 6.32. The topological polar surface area (TPSA) is 49.6 Å². The van der Waals surface area contributed by atoms with E-state index in [1.807, 2.05) is 11.9 Å². The minimum absolute atomic E-state index is 0.00699. The summed E-state index contributed by atoms with van der Waals surface area (Å²) in [5.41, 5.74) is 5.62. The van der Waals surface area contributed by atoms with Crippen LogP contribution in [0.4, 0.5) is 0 Å². The summed E-state index contributed by atoms with van der Waals surface area (Å²) in [7, 11) is 1.89. The Balaban J connectivity index is 2.81. The first-order chi connectivity index (χ1) is 7.61. The standard InChI is InChI=1S/C12H25N3O/c1-4-10(2)15-9-5-8-14(3)12(16)11(15)6-7-13/h10-11H,4-9,13H2,1-3H3. The van der Waals surface area contributed by atoms with Crippen LogP contribution in [0.1, 0.15) is 33.1 Å². The fourth-order valence-electron chi connectivity index (χ4n) is 2.36. The molecular weight excluding hydrogens is 202 g/mol. The molecule has 0 aromatic rings. The lowest BCUT2D eigenvalue weighted by Gasteiger charge is -2.34. The molecule has 0 aromatic heterocycles. The zero-order valence-corrected chi connectivity index (χ0v) is 10.8. The van der Waals surface area contributed by atoms with Gasteiger partial charge >= 0.3 is 0 Å². The van der Waals surface area contributed by atoms with Crippen molar-refractivity contribution < 1.29 is 4.79 Å². The van der Waals surface area contributed by atoms with E-state index >= 15 is 0 Å². The lowest BCUT2D eigenvalue weighted by Crippen LogP contribution is -2.49. The van der Waals surface area contributed by atoms with Crippen molar-refractivity contribution in [3.8, 4) is 0 Å². The van der Waals surface area contributed by atoms with Gasteiger partial charge in [-0.05, 0) is 32.7 Å². The molecule has 1 aliphatic rings. The number of amides is 1. The van der Waals surface area contributed by atoms with Crippen LogP contribution in [0, 0.1) is 0 Å². The van der Waals surface area contributed by atoms with Crippen molar-refractivity contribution in [2.45, 2.75) is 45.2 Å². The molecule has 1 saturated heterocycles. The first-order valence-electron chi connectivity index (χ1n) is 6.32. The molecule has 2 unspecified atom stereocenters. The molecule has 2 N–H and O–H groups in total. The van der Waals surface area contributed by atoms with Gasteiger partial charge in [-0.2, -0.15) is 0 Å². The second kappa shape index (κ2) is 6.21. The number of likely N-dealkylation sites (N-methyl/N-ethyl adjacent to an activating group) is 1. The second-order valence-corrected chi connectivity index (χ2v) is 4.70. The van der Waals surface area contributed by atoms with Gasteiger partial charge in [-0.1, -0.05) is 6.92 Å². The van der Waals surface area contributed by atoms with E-state index < -0.39 is 0 Å². The smallest absolute Gasteiger partial charge is 0.239 e. The van der Waals surface area contributed by atoms with Crippen molar-refractivity contribution in [3.05, 3.63) is 0 Å². The molecule has 0 radical (unpaired) electrons. The summed E-state index contributed by atoms with van der Waals surface area (Å²) in [5.74, 6) is 0.239. The van der Waals surface area contributed by atoms with Crippen molar-refractivity contribution in [1.82, 2.24) is 9.80 Å². The van der Waals surface area contributed by atoms with E-state index in [4.69, 9.17) is 5.73 Å². The largest absolute Gasteiger partial charge is 0.344 e. The van der Waals surface area contributed by atoms with E-state index in [0.29, 0.717) is 12.6 Å². The van der Waals surface area contributed by atoms with Gasteiger partial charge in [-0.15, -0.1) is 0 Å². The molecule has 1 heterocycles. The maximum absolute atomic E-state index is 12.2. The van der Waals surface area contributed by atoms with E-state index in [1.165, 1.54) is 0 Å². The van der Waals surface area contributed by atoms with Crippen molar-refractivity contribution in [3.63, 3.8) is 0 Å². The van der Waals surface area contributed by atoms with Gasteiger partial charge in [0, 0.05) is 26.2 Å². The van der Waals surface area contributed by atoms with E-state index in [0.717, 1.165) is 32.4 Å². The highest BCUT2D eigenvalue weighted by Gasteiger charge is 2.32. The van der Waals surface area contributed by atoms with Crippen molar-refractivity contribution in [1.29, 1.82) is 0 Å². The molecule has 1 fully saturated rings. The average Bonchev–Trinajstić information content (AvgIpc) is 2.42. The molecule has 0 bridgehead atoms. The third kappa shape index (κ3) is 2.95. The fourth-order valence-corrected chi connectivity index (χ4v) is 2.36. The normalized spacial score (nSPS) is 25.6. The number of nitrogens with zero attached hydrogens (tertiary/aromatic N) is 2. The monoisotopic (exact) mass is 227 g/mol. The van der Waals surface area contributed by atoms with E-state index in [2.05, 4.69) is 18.7 Å². The average molecular weight is 227 g/mol. The fraction of sp³-hybridized carbons (Fsp3) is 0.917. The molecule has 1 rings (SSSR count). The number of nitrogens with two attached hydrogens (primary N) is 1. The first kappa shape index (κ1) is 13.5. The number of carbonyl (C=O) groups excluding carboxylic acids is 1.